The molecule has 3 saturated heterocycles. The lowest BCUT2D eigenvalue weighted by atomic mass is 9.70. The van der Waals surface area contributed by atoms with E-state index in [1.807, 2.05) is 67.6 Å². The molecule has 2 N–H and O–H groups in total. The molecule has 1 unspecified atom stereocenters. The minimum atomic E-state index is -1.27. The normalized spacial score (nSPS) is 25.7. The molecule has 3 aliphatic heterocycles. The van der Waals surface area contributed by atoms with Gasteiger partial charge >= 0.3 is 5.97 Å². The minimum absolute atomic E-state index is 0.135. The molecule has 3 heterocycles. The van der Waals surface area contributed by atoms with Gasteiger partial charge in [-0.1, -0.05) is 86.2 Å². The first-order valence-corrected chi connectivity index (χ1v) is 18.3. The van der Waals surface area contributed by atoms with Gasteiger partial charge in [0.1, 0.15) is 17.7 Å². The third kappa shape index (κ3) is 7.67. The van der Waals surface area contributed by atoms with E-state index in [9.17, 15) is 24.3 Å². The molecule has 1 spiro atoms. The number of benzene rings is 2. The second kappa shape index (κ2) is 16.8. The Morgan fingerprint density at radius 3 is 2.41 bits per heavy atom. The highest BCUT2D eigenvalue weighted by Crippen LogP contribution is 2.59. The van der Waals surface area contributed by atoms with E-state index < -0.39 is 59.6 Å². The van der Waals surface area contributed by atoms with Crippen LogP contribution in [0.5, 0.6) is 0 Å². The third-order valence-electron chi connectivity index (χ3n) is 10.8. The van der Waals surface area contributed by atoms with Crippen LogP contribution in [-0.2, 0) is 35.1 Å². The number of ether oxygens (including phenoxy) is 2. The second-order valence-electron chi connectivity index (χ2n) is 14.2. The number of likely N-dealkylation sites (tertiary alicyclic amines) is 1. The van der Waals surface area contributed by atoms with Gasteiger partial charge in [0.05, 0.1) is 36.6 Å². The lowest BCUT2D eigenvalue weighted by Gasteiger charge is -2.41. The predicted molar refractivity (Wildman–Crippen MR) is 194 cm³/mol. The van der Waals surface area contributed by atoms with Crippen LogP contribution in [0, 0.1) is 11.8 Å². The van der Waals surface area contributed by atoms with Gasteiger partial charge in [-0.05, 0) is 57.1 Å². The van der Waals surface area contributed by atoms with Crippen molar-refractivity contribution in [2.75, 3.05) is 13.2 Å². The SMILES string of the molecule is C=CCCC(=O)N[C@H](C)[C@@H](OC(=O)[C@@H]1[C@H]2C(=O)N([C@@H](CO)Cc3ccccc3)[C@H](C(=O)N(CC=C)C(C)CCC)[C@]23CC[C@H]1O3)c1ccccc1. The summed E-state index contributed by atoms with van der Waals surface area (Å²) in [5, 5.41) is 13.8. The van der Waals surface area contributed by atoms with Crippen LogP contribution in [0.25, 0.3) is 0 Å². The van der Waals surface area contributed by atoms with Crippen molar-refractivity contribution < 1.29 is 33.8 Å². The van der Waals surface area contributed by atoms with Crippen molar-refractivity contribution in [1.82, 2.24) is 15.1 Å². The van der Waals surface area contributed by atoms with Crippen LogP contribution >= 0.6 is 0 Å². The molecule has 274 valence electrons. The molecule has 2 aromatic rings. The number of aliphatic hydroxyl groups excluding tert-OH is 1. The molecular weight excluding hydrogens is 646 g/mol. The van der Waals surface area contributed by atoms with Crippen molar-refractivity contribution in [3.8, 4) is 0 Å². The molecule has 0 radical (unpaired) electrons. The number of nitrogens with one attached hydrogen (secondary N) is 1. The van der Waals surface area contributed by atoms with Crippen LogP contribution in [0.15, 0.2) is 86.0 Å². The van der Waals surface area contributed by atoms with E-state index in [0.29, 0.717) is 31.2 Å². The number of esters is 1. The van der Waals surface area contributed by atoms with Crippen LogP contribution in [0.2, 0.25) is 0 Å². The summed E-state index contributed by atoms with van der Waals surface area (Å²) in [5.74, 6) is -3.43. The molecule has 5 rings (SSSR count). The first-order chi connectivity index (χ1) is 24.6. The van der Waals surface area contributed by atoms with Crippen LogP contribution in [0.1, 0.15) is 76.5 Å². The number of carbonyl (C=O) groups is 4. The second-order valence-corrected chi connectivity index (χ2v) is 14.2. The molecule has 9 atom stereocenters. The molecule has 0 aliphatic carbocycles. The highest BCUT2D eigenvalue weighted by atomic mass is 16.6. The number of amides is 3. The van der Waals surface area contributed by atoms with Gasteiger partial charge in [-0.15, -0.1) is 13.2 Å². The van der Waals surface area contributed by atoms with E-state index in [1.54, 1.807) is 24.0 Å². The average Bonchev–Trinajstić information content (AvgIpc) is 3.78. The van der Waals surface area contributed by atoms with E-state index in [-0.39, 0.29) is 37.4 Å². The fourth-order valence-electron chi connectivity index (χ4n) is 8.47. The molecule has 3 amide bonds. The number of fused-ring (bicyclic) bond motifs is 1. The molecule has 10 nitrogen and oxygen atoms in total. The molecule has 51 heavy (non-hydrogen) atoms. The Hall–Kier alpha value is -4.28. The summed E-state index contributed by atoms with van der Waals surface area (Å²) in [6.45, 7) is 13.3. The Morgan fingerprint density at radius 2 is 1.78 bits per heavy atom. The van der Waals surface area contributed by atoms with E-state index in [0.717, 1.165) is 18.4 Å². The van der Waals surface area contributed by atoms with Crippen LogP contribution in [0.3, 0.4) is 0 Å². The molecule has 10 heteroatoms. The Morgan fingerprint density at radius 1 is 1.10 bits per heavy atom. The maximum atomic E-state index is 14.9. The lowest BCUT2D eigenvalue weighted by Crippen LogP contribution is -2.60. The number of rotatable bonds is 18. The average molecular weight is 700 g/mol. The van der Waals surface area contributed by atoms with Crippen molar-refractivity contribution in [2.45, 2.75) is 108 Å². The molecular formula is C41H53N3O7. The zero-order valence-corrected chi connectivity index (χ0v) is 30.1. The number of aliphatic hydroxyl groups is 1. The standard InChI is InChI=1S/C41H53N3O7/c1-6-9-21-33(46)42-28(5)36(30-19-14-11-15-20-30)50-40(49)34-32-22-23-41(51-32)35(34)38(47)44(31(26-45)25-29-17-12-10-13-18-29)37(41)39(48)43(24-8-3)27(4)16-7-2/h6,8,10-15,17-20,27-28,31-32,34-37,45H,1,3,7,9,16,21-26H2,2,4-5H3,(H,42,46)/t27?,28-,31-,32-,34+,35+,36-,37-,41+/m1/s1. The number of hydrogen-bond acceptors (Lipinski definition) is 7. The van der Waals surface area contributed by atoms with Crippen molar-refractivity contribution in [1.29, 1.82) is 0 Å². The van der Waals surface area contributed by atoms with Crippen molar-refractivity contribution in [2.24, 2.45) is 11.8 Å². The van der Waals surface area contributed by atoms with Crippen LogP contribution in [0.4, 0.5) is 0 Å². The highest BCUT2D eigenvalue weighted by molar-refractivity contribution is 5.98. The Labute approximate surface area is 301 Å². The third-order valence-corrected chi connectivity index (χ3v) is 10.8. The van der Waals surface area contributed by atoms with Gasteiger partial charge in [0.2, 0.25) is 17.7 Å². The molecule has 0 saturated carbocycles. The quantitative estimate of drug-likeness (QED) is 0.167. The summed E-state index contributed by atoms with van der Waals surface area (Å²) in [5.41, 5.74) is 0.329. The van der Waals surface area contributed by atoms with E-state index in [1.165, 1.54) is 4.90 Å². The van der Waals surface area contributed by atoms with Gasteiger partial charge < -0.3 is 29.7 Å². The van der Waals surface area contributed by atoms with Crippen LogP contribution in [-0.4, -0.2) is 87.6 Å². The number of carbonyl (C=O) groups excluding carboxylic acids is 4. The van der Waals surface area contributed by atoms with E-state index in [2.05, 4.69) is 25.4 Å². The van der Waals surface area contributed by atoms with Crippen molar-refractivity contribution in [3.05, 3.63) is 97.1 Å². The largest absolute Gasteiger partial charge is 0.455 e. The summed E-state index contributed by atoms with van der Waals surface area (Å²) in [6, 6.07) is 16.2. The molecule has 3 aliphatic rings. The Bertz CT molecular complexity index is 1550. The number of hydrogen-bond donors (Lipinski definition) is 2. The molecule has 2 aromatic carbocycles. The molecule has 3 fully saturated rings. The Kier molecular flexibility index (Phi) is 12.5. The number of nitrogens with zero attached hydrogens (tertiary/aromatic N) is 2. The number of allylic oxidation sites excluding steroid dienone is 1. The lowest BCUT2D eigenvalue weighted by molar-refractivity contribution is -0.162. The van der Waals surface area contributed by atoms with E-state index in [4.69, 9.17) is 9.47 Å². The monoisotopic (exact) mass is 699 g/mol. The summed E-state index contributed by atoms with van der Waals surface area (Å²) < 4.78 is 13.0. The summed E-state index contributed by atoms with van der Waals surface area (Å²) >= 11 is 0. The first-order valence-electron chi connectivity index (χ1n) is 18.3. The van der Waals surface area contributed by atoms with Gasteiger partial charge in [-0.3, -0.25) is 19.2 Å². The van der Waals surface area contributed by atoms with Crippen molar-refractivity contribution in [3.63, 3.8) is 0 Å². The fourth-order valence-corrected chi connectivity index (χ4v) is 8.47. The minimum Gasteiger partial charge on any atom is -0.455 e. The predicted octanol–water partition coefficient (Wildman–Crippen LogP) is 4.92. The summed E-state index contributed by atoms with van der Waals surface area (Å²) in [4.78, 5) is 60.2. The molecule has 2 bridgehead atoms. The van der Waals surface area contributed by atoms with Gasteiger partial charge in [0.25, 0.3) is 0 Å². The summed E-state index contributed by atoms with van der Waals surface area (Å²) in [6.07, 6.45) is 5.47. The summed E-state index contributed by atoms with van der Waals surface area (Å²) in [7, 11) is 0. The van der Waals surface area contributed by atoms with E-state index >= 15 is 0 Å². The van der Waals surface area contributed by atoms with Gasteiger partial charge in [-0.2, -0.15) is 0 Å². The molecule has 0 aromatic heterocycles. The van der Waals surface area contributed by atoms with Crippen LogP contribution < -0.4 is 5.32 Å². The van der Waals surface area contributed by atoms with Crippen molar-refractivity contribution >= 4 is 23.7 Å². The zero-order chi connectivity index (χ0) is 36.7. The first kappa shape index (κ1) is 38.0. The maximum absolute atomic E-state index is 14.9. The topological polar surface area (TPSA) is 125 Å². The fraction of sp³-hybridized carbons (Fsp3) is 0.512. The van der Waals surface area contributed by atoms with Gasteiger partial charge in [0.15, 0.2) is 0 Å². The van der Waals surface area contributed by atoms with Gasteiger partial charge in [-0.25, -0.2) is 0 Å². The Balaban J connectivity index is 1.51. The zero-order valence-electron chi connectivity index (χ0n) is 30.1. The highest BCUT2D eigenvalue weighted by Gasteiger charge is 2.75. The van der Waals surface area contributed by atoms with Gasteiger partial charge in [0, 0.05) is 19.0 Å². The smallest absolute Gasteiger partial charge is 0.313 e. The maximum Gasteiger partial charge on any atom is 0.313 e.